The first-order valence-electron chi connectivity index (χ1n) is 6.95. The maximum atomic E-state index is 8.71. The van der Waals surface area contributed by atoms with Crippen LogP contribution in [-0.4, -0.2) is 41.2 Å². The van der Waals surface area contributed by atoms with Crippen molar-refractivity contribution < 1.29 is 9.94 Å². The van der Waals surface area contributed by atoms with Crippen LogP contribution in [0.5, 0.6) is 0 Å². The molecule has 0 saturated carbocycles. The van der Waals surface area contributed by atoms with E-state index in [1.54, 1.807) is 0 Å². The van der Waals surface area contributed by atoms with Crippen molar-refractivity contribution in [2.24, 2.45) is 10.9 Å². The number of ether oxygens (including phenoxy) is 1. The van der Waals surface area contributed by atoms with Crippen LogP contribution in [0.3, 0.4) is 0 Å². The fourth-order valence-electron chi connectivity index (χ4n) is 2.74. The molecule has 2 atom stereocenters. The summed E-state index contributed by atoms with van der Waals surface area (Å²) in [5.41, 5.74) is 8.77. The van der Waals surface area contributed by atoms with Crippen LogP contribution in [0.4, 0.5) is 0 Å². The minimum absolute atomic E-state index is 0.147. The predicted octanol–water partition coefficient (Wildman–Crippen LogP) is 1.70. The lowest BCUT2D eigenvalue weighted by Crippen LogP contribution is -2.44. The molecule has 2 unspecified atom stereocenters. The number of hydrogen-bond donors (Lipinski definition) is 2. The molecule has 1 fully saturated rings. The van der Waals surface area contributed by atoms with Crippen LogP contribution < -0.4 is 5.73 Å². The molecule has 20 heavy (non-hydrogen) atoms. The second-order valence-corrected chi connectivity index (χ2v) is 5.58. The summed E-state index contributed by atoms with van der Waals surface area (Å²) in [6.45, 7) is 9.07. The van der Waals surface area contributed by atoms with E-state index in [2.05, 4.69) is 30.8 Å². The minimum atomic E-state index is 0.147. The highest BCUT2D eigenvalue weighted by Gasteiger charge is 2.22. The van der Waals surface area contributed by atoms with Gasteiger partial charge < -0.3 is 15.7 Å². The average Bonchev–Trinajstić information content (AvgIpc) is 2.39. The standard InChI is InChI=1S/C15H23N3O2/c1-10-6-13(15(16)17-19)4-5-14(10)9-18-7-11(2)20-12(3)8-18/h4-6,11-12,19H,7-9H2,1-3H3,(H2,16,17). The molecule has 0 radical (unpaired) electrons. The number of aryl methyl sites for hydroxylation is 1. The maximum absolute atomic E-state index is 8.71. The summed E-state index contributed by atoms with van der Waals surface area (Å²) >= 11 is 0. The molecule has 1 aliphatic rings. The Hall–Kier alpha value is -1.59. The molecule has 1 heterocycles. The van der Waals surface area contributed by atoms with Crippen LogP contribution in [0, 0.1) is 6.92 Å². The number of benzene rings is 1. The fourth-order valence-corrected chi connectivity index (χ4v) is 2.74. The van der Waals surface area contributed by atoms with Crippen molar-refractivity contribution in [2.45, 2.75) is 39.5 Å². The van der Waals surface area contributed by atoms with E-state index in [9.17, 15) is 0 Å². The number of oxime groups is 1. The van der Waals surface area contributed by atoms with Gasteiger partial charge >= 0.3 is 0 Å². The smallest absolute Gasteiger partial charge is 0.170 e. The third-order valence-corrected chi connectivity index (χ3v) is 3.64. The number of nitrogens with two attached hydrogens (primary N) is 1. The zero-order valence-corrected chi connectivity index (χ0v) is 12.3. The van der Waals surface area contributed by atoms with Gasteiger partial charge in [-0.15, -0.1) is 0 Å². The van der Waals surface area contributed by atoms with Crippen molar-refractivity contribution in [1.82, 2.24) is 4.90 Å². The molecule has 1 aromatic rings. The monoisotopic (exact) mass is 277 g/mol. The van der Waals surface area contributed by atoms with Gasteiger partial charge in [-0.3, -0.25) is 4.90 Å². The van der Waals surface area contributed by atoms with E-state index >= 15 is 0 Å². The highest BCUT2D eigenvalue weighted by atomic mass is 16.5. The molecule has 0 spiro atoms. The first-order valence-corrected chi connectivity index (χ1v) is 6.95. The summed E-state index contributed by atoms with van der Waals surface area (Å²) in [6, 6.07) is 5.90. The molecule has 5 heteroatoms. The van der Waals surface area contributed by atoms with E-state index in [0.717, 1.165) is 30.8 Å². The first-order chi connectivity index (χ1) is 9.49. The minimum Gasteiger partial charge on any atom is -0.409 e. The highest BCUT2D eigenvalue weighted by Crippen LogP contribution is 2.17. The molecule has 1 aliphatic heterocycles. The zero-order chi connectivity index (χ0) is 14.7. The topological polar surface area (TPSA) is 71.1 Å². The molecule has 1 aromatic carbocycles. The molecule has 0 amide bonds. The molecular formula is C15H23N3O2. The molecule has 110 valence electrons. The van der Waals surface area contributed by atoms with Crippen molar-refractivity contribution in [2.75, 3.05) is 13.1 Å². The Morgan fingerprint density at radius 3 is 2.60 bits per heavy atom. The van der Waals surface area contributed by atoms with Crippen molar-refractivity contribution >= 4 is 5.84 Å². The summed E-state index contributed by atoms with van der Waals surface area (Å²) in [5.74, 6) is 0.147. The van der Waals surface area contributed by atoms with Crippen LogP contribution in [-0.2, 0) is 11.3 Å². The summed E-state index contributed by atoms with van der Waals surface area (Å²) in [5, 5.41) is 11.7. The SMILES string of the molecule is Cc1cc(/C(N)=N/O)ccc1CN1CC(C)OC(C)C1. The van der Waals surface area contributed by atoms with Crippen LogP contribution in [0.15, 0.2) is 23.4 Å². The Morgan fingerprint density at radius 1 is 1.40 bits per heavy atom. The summed E-state index contributed by atoms with van der Waals surface area (Å²) in [6.07, 6.45) is 0.547. The molecule has 2 rings (SSSR count). The largest absolute Gasteiger partial charge is 0.409 e. The molecule has 1 saturated heterocycles. The van der Waals surface area contributed by atoms with Crippen LogP contribution in [0.25, 0.3) is 0 Å². The number of amidine groups is 1. The van der Waals surface area contributed by atoms with Gasteiger partial charge in [0.15, 0.2) is 5.84 Å². The van der Waals surface area contributed by atoms with Gasteiger partial charge in [0.1, 0.15) is 0 Å². The summed E-state index contributed by atoms with van der Waals surface area (Å²) in [4.78, 5) is 2.41. The molecule has 5 nitrogen and oxygen atoms in total. The van der Waals surface area contributed by atoms with Crippen molar-refractivity contribution in [3.05, 3.63) is 34.9 Å². The Morgan fingerprint density at radius 2 is 2.05 bits per heavy atom. The number of hydrogen-bond acceptors (Lipinski definition) is 4. The quantitative estimate of drug-likeness (QED) is 0.382. The van der Waals surface area contributed by atoms with Gasteiger partial charge in [0, 0.05) is 25.2 Å². The van der Waals surface area contributed by atoms with E-state index in [1.165, 1.54) is 5.56 Å². The summed E-state index contributed by atoms with van der Waals surface area (Å²) < 4.78 is 5.75. The lowest BCUT2D eigenvalue weighted by molar-refractivity contribution is -0.0705. The molecule has 0 aliphatic carbocycles. The van der Waals surface area contributed by atoms with Gasteiger partial charge in [0.25, 0.3) is 0 Å². The molecule has 0 bridgehead atoms. The fraction of sp³-hybridized carbons (Fsp3) is 0.533. The van der Waals surface area contributed by atoms with Crippen LogP contribution in [0.2, 0.25) is 0 Å². The Labute approximate surface area is 120 Å². The average molecular weight is 277 g/mol. The zero-order valence-electron chi connectivity index (χ0n) is 12.3. The van der Waals surface area contributed by atoms with Crippen LogP contribution in [0.1, 0.15) is 30.5 Å². The van der Waals surface area contributed by atoms with E-state index in [4.69, 9.17) is 15.7 Å². The lowest BCUT2D eigenvalue weighted by Gasteiger charge is -2.35. The third-order valence-electron chi connectivity index (χ3n) is 3.64. The number of nitrogens with zero attached hydrogens (tertiary/aromatic N) is 2. The predicted molar refractivity (Wildman–Crippen MR) is 79.0 cm³/mol. The first kappa shape index (κ1) is 14.8. The van der Waals surface area contributed by atoms with E-state index in [-0.39, 0.29) is 18.0 Å². The Bertz CT molecular complexity index is 492. The summed E-state index contributed by atoms with van der Waals surface area (Å²) in [7, 11) is 0. The van der Waals surface area contributed by atoms with Gasteiger partial charge in [0.05, 0.1) is 12.2 Å². The highest BCUT2D eigenvalue weighted by molar-refractivity contribution is 5.97. The maximum Gasteiger partial charge on any atom is 0.170 e. The van der Waals surface area contributed by atoms with Gasteiger partial charge in [-0.2, -0.15) is 0 Å². The number of morpholine rings is 1. The van der Waals surface area contributed by atoms with Crippen molar-refractivity contribution in [3.8, 4) is 0 Å². The second-order valence-electron chi connectivity index (χ2n) is 5.58. The molecule has 0 aromatic heterocycles. The van der Waals surface area contributed by atoms with Gasteiger partial charge in [-0.25, -0.2) is 0 Å². The second kappa shape index (κ2) is 6.24. The van der Waals surface area contributed by atoms with Crippen molar-refractivity contribution in [1.29, 1.82) is 0 Å². The van der Waals surface area contributed by atoms with Gasteiger partial charge in [-0.1, -0.05) is 17.3 Å². The van der Waals surface area contributed by atoms with E-state index < -0.39 is 0 Å². The normalized spacial score (nSPS) is 24.9. The Balaban J connectivity index is 2.10. The molecular weight excluding hydrogens is 254 g/mol. The van der Waals surface area contributed by atoms with Crippen molar-refractivity contribution in [3.63, 3.8) is 0 Å². The lowest BCUT2D eigenvalue weighted by atomic mass is 10.0. The van der Waals surface area contributed by atoms with E-state index in [1.807, 2.05) is 18.2 Å². The van der Waals surface area contributed by atoms with Gasteiger partial charge in [0.2, 0.25) is 0 Å². The van der Waals surface area contributed by atoms with Gasteiger partial charge in [-0.05, 0) is 38.0 Å². The van der Waals surface area contributed by atoms with E-state index in [0.29, 0.717) is 0 Å². The van der Waals surface area contributed by atoms with Crippen LogP contribution >= 0.6 is 0 Å². The number of rotatable bonds is 3. The third kappa shape index (κ3) is 3.49. The molecule has 3 N–H and O–H groups in total. The Kier molecular flexibility index (Phi) is 4.62.